The highest BCUT2D eigenvalue weighted by molar-refractivity contribution is 5.80. The zero-order valence-corrected chi connectivity index (χ0v) is 10.9. The lowest BCUT2D eigenvalue weighted by Crippen LogP contribution is -2.41. The van der Waals surface area contributed by atoms with Gasteiger partial charge in [-0.1, -0.05) is 23.4 Å². The van der Waals surface area contributed by atoms with E-state index in [9.17, 15) is 9.90 Å². The fourth-order valence-electron chi connectivity index (χ4n) is 2.49. The summed E-state index contributed by atoms with van der Waals surface area (Å²) < 4.78 is 6.88. The number of aliphatic carboxylic acids is 1. The second-order valence-electron chi connectivity index (χ2n) is 4.88. The van der Waals surface area contributed by atoms with E-state index >= 15 is 0 Å². The average Bonchev–Trinajstić information content (AvgIpc) is 2.99. The molecule has 0 aliphatic carbocycles. The van der Waals surface area contributed by atoms with Crippen LogP contribution in [-0.4, -0.2) is 39.3 Å². The molecule has 6 heteroatoms. The molecule has 0 bridgehead atoms. The highest BCUT2D eigenvalue weighted by Gasteiger charge is 2.44. The third-order valence-corrected chi connectivity index (χ3v) is 3.76. The summed E-state index contributed by atoms with van der Waals surface area (Å²) in [6.45, 7) is 0.870. The van der Waals surface area contributed by atoms with Crippen LogP contribution >= 0.6 is 0 Å². The molecule has 2 aromatic rings. The number of hydrogen-bond donors (Lipinski definition) is 1. The molecule has 1 aromatic heterocycles. The van der Waals surface area contributed by atoms with Crippen LogP contribution in [0.25, 0.3) is 5.69 Å². The van der Waals surface area contributed by atoms with Crippen LogP contribution < -0.4 is 0 Å². The number of ether oxygens (including phenoxy) is 1. The van der Waals surface area contributed by atoms with E-state index < -0.39 is 11.4 Å². The summed E-state index contributed by atoms with van der Waals surface area (Å²) in [5.41, 5.74) is 0.377. The van der Waals surface area contributed by atoms with Crippen molar-refractivity contribution >= 4 is 5.97 Å². The third-order valence-electron chi connectivity index (χ3n) is 3.76. The maximum atomic E-state index is 11.7. The van der Waals surface area contributed by atoms with Gasteiger partial charge in [-0.15, -0.1) is 5.10 Å². The minimum absolute atomic E-state index is 0.426. The maximum Gasteiger partial charge on any atom is 0.316 e. The molecular formula is C14H15N3O3. The van der Waals surface area contributed by atoms with E-state index in [1.54, 1.807) is 10.9 Å². The van der Waals surface area contributed by atoms with Gasteiger partial charge in [0.25, 0.3) is 0 Å². The number of hydrogen-bond acceptors (Lipinski definition) is 4. The van der Waals surface area contributed by atoms with Gasteiger partial charge >= 0.3 is 5.97 Å². The molecule has 1 N–H and O–H groups in total. The standard InChI is InChI=1S/C14H15N3O3/c18-13(19)14(6-8-20-9-7-14)12-10-17(16-15-12)11-4-2-1-3-5-11/h1-5,10H,6-9H2,(H,18,19). The first-order valence-electron chi connectivity index (χ1n) is 6.52. The monoisotopic (exact) mass is 273 g/mol. The molecule has 1 aromatic carbocycles. The van der Waals surface area contributed by atoms with Crippen molar-refractivity contribution in [1.29, 1.82) is 0 Å². The first-order valence-corrected chi connectivity index (χ1v) is 6.52. The Balaban J connectivity index is 1.98. The van der Waals surface area contributed by atoms with Crippen LogP contribution in [0, 0.1) is 0 Å². The van der Waals surface area contributed by atoms with Crippen LogP contribution in [0.4, 0.5) is 0 Å². The Kier molecular flexibility index (Phi) is 3.23. The van der Waals surface area contributed by atoms with Gasteiger partial charge in [0.1, 0.15) is 11.1 Å². The summed E-state index contributed by atoms with van der Waals surface area (Å²) in [5.74, 6) is -0.860. The lowest BCUT2D eigenvalue weighted by Gasteiger charge is -2.30. The predicted molar refractivity (Wildman–Crippen MR) is 70.7 cm³/mol. The van der Waals surface area contributed by atoms with E-state index in [4.69, 9.17) is 4.74 Å². The topological polar surface area (TPSA) is 77.2 Å². The molecule has 0 saturated carbocycles. The molecule has 3 rings (SSSR count). The van der Waals surface area contributed by atoms with E-state index in [1.807, 2.05) is 30.3 Å². The highest BCUT2D eigenvalue weighted by Crippen LogP contribution is 2.34. The van der Waals surface area contributed by atoms with E-state index in [2.05, 4.69) is 10.3 Å². The number of carboxylic acid groups (broad SMARTS) is 1. The van der Waals surface area contributed by atoms with Gasteiger partial charge in [-0.05, 0) is 25.0 Å². The summed E-state index contributed by atoms with van der Waals surface area (Å²) in [7, 11) is 0. The normalized spacial score (nSPS) is 17.8. The van der Waals surface area contributed by atoms with Gasteiger partial charge in [0.2, 0.25) is 0 Å². The van der Waals surface area contributed by atoms with E-state index in [0.717, 1.165) is 5.69 Å². The van der Waals surface area contributed by atoms with Crippen molar-refractivity contribution in [3.63, 3.8) is 0 Å². The van der Waals surface area contributed by atoms with Gasteiger partial charge in [0.15, 0.2) is 0 Å². The Morgan fingerprint density at radius 3 is 2.60 bits per heavy atom. The van der Waals surface area contributed by atoms with E-state index in [0.29, 0.717) is 31.7 Å². The Labute approximate surface area is 116 Å². The molecule has 6 nitrogen and oxygen atoms in total. The summed E-state index contributed by atoms with van der Waals surface area (Å²) >= 11 is 0. The summed E-state index contributed by atoms with van der Waals surface area (Å²) in [6, 6.07) is 9.51. The molecule has 0 amide bonds. The molecule has 0 unspecified atom stereocenters. The molecule has 0 radical (unpaired) electrons. The van der Waals surface area contributed by atoms with Crippen LogP contribution in [0.1, 0.15) is 18.5 Å². The fraction of sp³-hybridized carbons (Fsp3) is 0.357. The molecule has 1 saturated heterocycles. The van der Waals surface area contributed by atoms with Crippen molar-refractivity contribution in [2.24, 2.45) is 0 Å². The Hall–Kier alpha value is -2.21. The van der Waals surface area contributed by atoms with Gasteiger partial charge in [-0.2, -0.15) is 0 Å². The van der Waals surface area contributed by atoms with Crippen molar-refractivity contribution in [2.75, 3.05) is 13.2 Å². The summed E-state index contributed by atoms with van der Waals surface area (Å²) in [4.78, 5) is 11.7. The van der Waals surface area contributed by atoms with Crippen molar-refractivity contribution < 1.29 is 14.6 Å². The Bertz CT molecular complexity index is 603. The minimum Gasteiger partial charge on any atom is -0.481 e. The molecule has 104 valence electrons. The van der Waals surface area contributed by atoms with Crippen LogP contribution in [-0.2, 0) is 14.9 Å². The zero-order valence-electron chi connectivity index (χ0n) is 10.9. The van der Waals surface area contributed by atoms with Gasteiger partial charge in [-0.3, -0.25) is 4.79 Å². The van der Waals surface area contributed by atoms with Crippen molar-refractivity contribution in [3.8, 4) is 5.69 Å². The molecule has 1 aliphatic rings. The Morgan fingerprint density at radius 1 is 1.25 bits per heavy atom. The van der Waals surface area contributed by atoms with Gasteiger partial charge in [0, 0.05) is 13.2 Å². The van der Waals surface area contributed by atoms with Crippen LogP contribution in [0.15, 0.2) is 36.5 Å². The number of carboxylic acids is 1. The number of nitrogens with zero attached hydrogens (tertiary/aromatic N) is 3. The lowest BCUT2D eigenvalue weighted by molar-refractivity contribution is -0.148. The van der Waals surface area contributed by atoms with Gasteiger partial charge in [0.05, 0.1) is 11.9 Å². The average molecular weight is 273 g/mol. The second-order valence-corrected chi connectivity index (χ2v) is 4.88. The first-order chi connectivity index (χ1) is 9.72. The van der Waals surface area contributed by atoms with Gasteiger partial charge in [-0.25, -0.2) is 4.68 Å². The fourth-order valence-corrected chi connectivity index (χ4v) is 2.49. The largest absolute Gasteiger partial charge is 0.481 e. The number of benzene rings is 1. The Morgan fingerprint density at radius 2 is 1.95 bits per heavy atom. The number of para-hydroxylation sites is 1. The quantitative estimate of drug-likeness (QED) is 0.914. The summed E-state index contributed by atoms with van der Waals surface area (Å²) in [6.07, 6.45) is 2.56. The van der Waals surface area contributed by atoms with Crippen molar-refractivity contribution in [2.45, 2.75) is 18.3 Å². The van der Waals surface area contributed by atoms with Crippen LogP contribution in [0.2, 0.25) is 0 Å². The molecule has 1 aliphatic heterocycles. The predicted octanol–water partition coefficient (Wildman–Crippen LogP) is 1.40. The molecule has 20 heavy (non-hydrogen) atoms. The maximum absolute atomic E-state index is 11.7. The van der Waals surface area contributed by atoms with Crippen LogP contribution in [0.3, 0.4) is 0 Å². The van der Waals surface area contributed by atoms with E-state index in [-0.39, 0.29) is 0 Å². The number of aromatic nitrogens is 3. The molecule has 2 heterocycles. The van der Waals surface area contributed by atoms with Crippen molar-refractivity contribution in [1.82, 2.24) is 15.0 Å². The molecule has 0 atom stereocenters. The molecular weight excluding hydrogens is 258 g/mol. The lowest BCUT2D eigenvalue weighted by atomic mass is 9.78. The first kappa shape index (κ1) is 12.8. The minimum atomic E-state index is -0.981. The third kappa shape index (κ3) is 2.08. The van der Waals surface area contributed by atoms with E-state index in [1.165, 1.54) is 0 Å². The second kappa shape index (κ2) is 5.05. The molecule has 1 fully saturated rings. The SMILES string of the molecule is O=C(O)C1(c2cn(-c3ccccc3)nn2)CCOCC1. The molecule has 0 spiro atoms. The number of carbonyl (C=O) groups is 1. The zero-order chi connectivity index (χ0) is 14.0. The van der Waals surface area contributed by atoms with Crippen LogP contribution in [0.5, 0.6) is 0 Å². The number of rotatable bonds is 3. The summed E-state index contributed by atoms with van der Waals surface area (Å²) in [5, 5.41) is 17.7. The highest BCUT2D eigenvalue weighted by atomic mass is 16.5. The van der Waals surface area contributed by atoms with Gasteiger partial charge < -0.3 is 9.84 Å². The smallest absolute Gasteiger partial charge is 0.316 e. The van der Waals surface area contributed by atoms with Crippen molar-refractivity contribution in [3.05, 3.63) is 42.2 Å².